The second-order valence-corrected chi connectivity index (χ2v) is 7.67. The number of nitrogens with one attached hydrogen (secondary N) is 2. The Morgan fingerprint density at radius 3 is 2.79 bits per heavy atom. The first kappa shape index (κ1) is 18.4. The molecule has 0 radical (unpaired) electrons. The molecular weight excluding hydrogens is 372 g/mol. The van der Waals surface area contributed by atoms with Gasteiger partial charge in [-0.15, -0.1) is 0 Å². The molecule has 0 aromatic carbocycles. The normalized spacial score (nSPS) is 14.0. The Bertz CT molecular complexity index is 967. The van der Waals surface area contributed by atoms with Gasteiger partial charge >= 0.3 is 0 Å². The first-order valence-corrected chi connectivity index (χ1v) is 10.2. The number of piperidine rings is 1. The van der Waals surface area contributed by atoms with E-state index in [1.54, 1.807) is 25.6 Å². The van der Waals surface area contributed by atoms with Crippen molar-refractivity contribution < 1.29 is 4.79 Å². The van der Waals surface area contributed by atoms with Crippen molar-refractivity contribution in [2.75, 3.05) is 30.4 Å². The third kappa shape index (κ3) is 4.12. The molecule has 0 aliphatic carbocycles. The molecule has 1 saturated heterocycles. The highest BCUT2D eigenvalue weighted by atomic mass is 32.1. The van der Waals surface area contributed by atoms with E-state index in [2.05, 4.69) is 42.6 Å². The van der Waals surface area contributed by atoms with E-state index in [0.29, 0.717) is 5.56 Å². The Balaban J connectivity index is 1.50. The van der Waals surface area contributed by atoms with Crippen molar-refractivity contribution in [3.05, 3.63) is 48.5 Å². The quantitative estimate of drug-likeness (QED) is 0.687. The maximum Gasteiger partial charge on any atom is 0.252 e. The van der Waals surface area contributed by atoms with Gasteiger partial charge in [-0.25, -0.2) is 9.97 Å². The standard InChI is InChI=1S/C20H22N6OS/c1-21-19(27)15-9-14(11-22-12-15)17-13-24-20(28-17)25-18-10-16(5-6-23-18)26-7-3-2-4-8-26/h5-6,9-13H,2-4,7-8H2,1H3,(H,21,27)(H,23,24,25). The van der Waals surface area contributed by atoms with Crippen molar-refractivity contribution in [2.45, 2.75) is 19.3 Å². The van der Waals surface area contributed by atoms with Crippen LogP contribution in [0.3, 0.4) is 0 Å². The second kappa shape index (κ2) is 8.35. The van der Waals surface area contributed by atoms with Gasteiger partial charge in [0, 0.05) is 62.2 Å². The van der Waals surface area contributed by atoms with Gasteiger partial charge in [0.05, 0.1) is 10.4 Å². The topological polar surface area (TPSA) is 83.0 Å². The molecule has 3 aromatic rings. The van der Waals surface area contributed by atoms with Crippen molar-refractivity contribution in [1.82, 2.24) is 20.3 Å². The van der Waals surface area contributed by atoms with Crippen molar-refractivity contribution in [1.29, 1.82) is 0 Å². The van der Waals surface area contributed by atoms with Gasteiger partial charge in [0.2, 0.25) is 0 Å². The van der Waals surface area contributed by atoms with Crippen LogP contribution < -0.4 is 15.5 Å². The van der Waals surface area contributed by atoms with Gasteiger partial charge in [0.25, 0.3) is 5.91 Å². The van der Waals surface area contributed by atoms with E-state index in [0.717, 1.165) is 34.5 Å². The van der Waals surface area contributed by atoms with Crippen LogP contribution >= 0.6 is 11.3 Å². The molecule has 8 heteroatoms. The lowest BCUT2D eigenvalue weighted by Crippen LogP contribution is -2.29. The molecule has 2 N–H and O–H groups in total. The summed E-state index contributed by atoms with van der Waals surface area (Å²) in [6.45, 7) is 2.19. The number of anilines is 3. The Morgan fingerprint density at radius 1 is 1.11 bits per heavy atom. The van der Waals surface area contributed by atoms with Crippen molar-refractivity contribution in [3.63, 3.8) is 0 Å². The lowest BCUT2D eigenvalue weighted by molar-refractivity contribution is 0.0963. The molecular formula is C20H22N6OS. The number of rotatable bonds is 5. The fourth-order valence-corrected chi connectivity index (χ4v) is 4.06. The van der Waals surface area contributed by atoms with E-state index in [-0.39, 0.29) is 5.91 Å². The van der Waals surface area contributed by atoms with E-state index in [1.165, 1.54) is 36.3 Å². The van der Waals surface area contributed by atoms with Gasteiger partial charge in [-0.05, 0) is 31.4 Å². The van der Waals surface area contributed by atoms with Gasteiger partial charge in [-0.1, -0.05) is 11.3 Å². The first-order valence-electron chi connectivity index (χ1n) is 9.34. The van der Waals surface area contributed by atoms with Crippen LogP contribution in [0.25, 0.3) is 10.4 Å². The summed E-state index contributed by atoms with van der Waals surface area (Å²) < 4.78 is 0. The smallest absolute Gasteiger partial charge is 0.252 e. The number of aromatic nitrogens is 3. The maximum atomic E-state index is 11.8. The zero-order valence-corrected chi connectivity index (χ0v) is 16.5. The summed E-state index contributed by atoms with van der Waals surface area (Å²) in [7, 11) is 1.61. The molecule has 1 aliphatic rings. The van der Waals surface area contributed by atoms with Gasteiger partial charge in [-0.2, -0.15) is 0 Å². The molecule has 4 rings (SSSR count). The van der Waals surface area contributed by atoms with Gasteiger partial charge in [0.15, 0.2) is 5.13 Å². The SMILES string of the molecule is CNC(=O)c1cncc(-c2cnc(Nc3cc(N4CCCCC4)ccn3)s2)c1. The molecule has 0 saturated carbocycles. The van der Waals surface area contributed by atoms with Gasteiger partial charge in [0.1, 0.15) is 5.82 Å². The number of thiazole rings is 1. The molecule has 0 bridgehead atoms. The van der Waals surface area contributed by atoms with Crippen LogP contribution in [0, 0.1) is 0 Å². The van der Waals surface area contributed by atoms with Crippen LogP contribution in [0.4, 0.5) is 16.6 Å². The Morgan fingerprint density at radius 2 is 1.96 bits per heavy atom. The fraction of sp³-hybridized carbons (Fsp3) is 0.300. The number of hydrogen-bond acceptors (Lipinski definition) is 7. The predicted octanol–water partition coefficient (Wildman–Crippen LogP) is 3.69. The highest BCUT2D eigenvalue weighted by Crippen LogP contribution is 2.31. The highest BCUT2D eigenvalue weighted by molar-refractivity contribution is 7.18. The fourth-order valence-electron chi connectivity index (χ4n) is 3.25. The zero-order valence-electron chi connectivity index (χ0n) is 15.7. The average Bonchev–Trinajstić information content (AvgIpc) is 3.22. The zero-order chi connectivity index (χ0) is 19.3. The van der Waals surface area contributed by atoms with E-state index in [1.807, 2.05) is 12.3 Å². The third-order valence-electron chi connectivity index (χ3n) is 4.72. The molecule has 144 valence electrons. The average molecular weight is 395 g/mol. The summed E-state index contributed by atoms with van der Waals surface area (Å²) >= 11 is 1.50. The number of pyridine rings is 2. The minimum Gasteiger partial charge on any atom is -0.371 e. The van der Waals surface area contributed by atoms with Crippen LogP contribution in [0.1, 0.15) is 29.6 Å². The maximum absolute atomic E-state index is 11.8. The Labute approximate surface area is 167 Å². The minimum atomic E-state index is -0.157. The lowest BCUT2D eigenvalue weighted by Gasteiger charge is -2.28. The highest BCUT2D eigenvalue weighted by Gasteiger charge is 2.13. The van der Waals surface area contributed by atoms with Crippen molar-refractivity contribution in [3.8, 4) is 10.4 Å². The lowest BCUT2D eigenvalue weighted by atomic mass is 10.1. The van der Waals surface area contributed by atoms with Gasteiger partial charge in [-0.3, -0.25) is 9.78 Å². The predicted molar refractivity (Wildman–Crippen MR) is 112 cm³/mol. The summed E-state index contributed by atoms with van der Waals surface area (Å²) in [6.07, 6.45) is 10.7. The molecule has 1 amide bonds. The molecule has 1 aliphatic heterocycles. The minimum absolute atomic E-state index is 0.157. The van der Waals surface area contributed by atoms with Crippen LogP contribution in [0.5, 0.6) is 0 Å². The van der Waals surface area contributed by atoms with Crippen LogP contribution in [-0.2, 0) is 0 Å². The van der Waals surface area contributed by atoms with E-state index < -0.39 is 0 Å². The summed E-state index contributed by atoms with van der Waals surface area (Å²) in [6, 6.07) is 5.94. The summed E-state index contributed by atoms with van der Waals surface area (Å²) in [5.74, 6) is 0.622. The van der Waals surface area contributed by atoms with Crippen molar-refractivity contribution in [2.24, 2.45) is 0 Å². The van der Waals surface area contributed by atoms with E-state index in [4.69, 9.17) is 0 Å². The van der Waals surface area contributed by atoms with Gasteiger partial charge < -0.3 is 15.5 Å². The largest absolute Gasteiger partial charge is 0.371 e. The summed E-state index contributed by atoms with van der Waals surface area (Å²) in [5.41, 5.74) is 2.58. The van der Waals surface area contributed by atoms with E-state index in [9.17, 15) is 4.79 Å². The number of carbonyl (C=O) groups excluding carboxylic acids is 1. The third-order valence-corrected chi connectivity index (χ3v) is 5.68. The Kier molecular flexibility index (Phi) is 5.48. The molecule has 7 nitrogen and oxygen atoms in total. The summed E-state index contributed by atoms with van der Waals surface area (Å²) in [5, 5.41) is 6.66. The molecule has 0 spiro atoms. The first-order chi connectivity index (χ1) is 13.7. The molecule has 0 unspecified atom stereocenters. The Hall–Kier alpha value is -3.00. The monoisotopic (exact) mass is 394 g/mol. The second-order valence-electron chi connectivity index (χ2n) is 6.64. The molecule has 3 aromatic heterocycles. The molecule has 4 heterocycles. The molecule has 0 atom stereocenters. The van der Waals surface area contributed by atoms with E-state index >= 15 is 0 Å². The van der Waals surface area contributed by atoms with Crippen molar-refractivity contribution >= 4 is 33.9 Å². The number of carbonyl (C=O) groups is 1. The molecule has 28 heavy (non-hydrogen) atoms. The number of nitrogens with zero attached hydrogens (tertiary/aromatic N) is 4. The number of hydrogen-bond donors (Lipinski definition) is 2. The van der Waals surface area contributed by atoms with Crippen LogP contribution in [0.15, 0.2) is 43.0 Å². The molecule has 1 fully saturated rings. The van der Waals surface area contributed by atoms with Crippen LogP contribution in [0.2, 0.25) is 0 Å². The number of amides is 1. The summed E-state index contributed by atoms with van der Waals surface area (Å²) in [4.78, 5) is 28.2. The van der Waals surface area contributed by atoms with Crippen LogP contribution in [-0.4, -0.2) is 41.0 Å².